The standard InChI is InChI=1S/C9H19NO4/c1-2-3-5-7(12)9(14)8(13)6(4-11)10-5/h5-14H,2-4H2,1H3/t5?,6-,7+,8-,9-/m1/s1. The molecule has 5 heteroatoms. The smallest absolute Gasteiger partial charge is 0.109 e. The summed E-state index contributed by atoms with van der Waals surface area (Å²) in [6, 6.07) is -0.805. The van der Waals surface area contributed by atoms with Gasteiger partial charge in [-0.25, -0.2) is 0 Å². The van der Waals surface area contributed by atoms with Crippen LogP contribution in [0.25, 0.3) is 0 Å². The summed E-state index contributed by atoms with van der Waals surface area (Å²) in [7, 11) is 0. The first-order valence-corrected chi connectivity index (χ1v) is 5.03. The van der Waals surface area contributed by atoms with Crippen molar-refractivity contribution in [3.8, 4) is 0 Å². The molecule has 5 nitrogen and oxygen atoms in total. The zero-order valence-electron chi connectivity index (χ0n) is 8.30. The molecule has 1 rings (SSSR count). The molecule has 5 N–H and O–H groups in total. The Morgan fingerprint density at radius 2 is 1.57 bits per heavy atom. The average Bonchev–Trinajstić information content (AvgIpc) is 2.19. The van der Waals surface area contributed by atoms with Crippen LogP contribution in [0.4, 0.5) is 0 Å². The Morgan fingerprint density at radius 3 is 2.07 bits per heavy atom. The summed E-state index contributed by atoms with van der Waals surface area (Å²) in [5.41, 5.74) is 0. The highest BCUT2D eigenvalue weighted by Gasteiger charge is 2.41. The fourth-order valence-corrected chi connectivity index (χ4v) is 1.88. The molecule has 0 bridgehead atoms. The highest BCUT2D eigenvalue weighted by Crippen LogP contribution is 2.18. The van der Waals surface area contributed by atoms with Crippen molar-refractivity contribution in [3.63, 3.8) is 0 Å². The van der Waals surface area contributed by atoms with Gasteiger partial charge >= 0.3 is 0 Å². The molecule has 0 radical (unpaired) electrons. The van der Waals surface area contributed by atoms with Crippen LogP contribution in [0.15, 0.2) is 0 Å². The number of hydrogen-bond acceptors (Lipinski definition) is 5. The molecule has 84 valence electrons. The van der Waals surface area contributed by atoms with Gasteiger partial charge in [0.2, 0.25) is 0 Å². The fourth-order valence-electron chi connectivity index (χ4n) is 1.88. The van der Waals surface area contributed by atoms with Gasteiger partial charge < -0.3 is 25.7 Å². The van der Waals surface area contributed by atoms with Crippen molar-refractivity contribution < 1.29 is 20.4 Å². The lowest BCUT2D eigenvalue weighted by Crippen LogP contribution is -2.65. The molecule has 1 fully saturated rings. The average molecular weight is 205 g/mol. The van der Waals surface area contributed by atoms with Crippen LogP contribution in [-0.4, -0.2) is 57.4 Å². The molecule has 0 amide bonds. The summed E-state index contributed by atoms with van der Waals surface area (Å²) in [4.78, 5) is 0. The summed E-state index contributed by atoms with van der Waals surface area (Å²) < 4.78 is 0. The number of aliphatic hydroxyl groups is 4. The van der Waals surface area contributed by atoms with Crippen LogP contribution in [0, 0.1) is 0 Å². The summed E-state index contributed by atoms with van der Waals surface area (Å²) in [6.45, 7) is 1.73. The Morgan fingerprint density at radius 1 is 1.00 bits per heavy atom. The molecule has 5 atom stereocenters. The highest BCUT2D eigenvalue weighted by atomic mass is 16.4. The van der Waals surface area contributed by atoms with Gasteiger partial charge in [-0.1, -0.05) is 13.3 Å². The predicted molar refractivity (Wildman–Crippen MR) is 50.7 cm³/mol. The molecule has 1 aliphatic heterocycles. The van der Waals surface area contributed by atoms with Crippen molar-refractivity contribution in [2.75, 3.05) is 6.61 Å². The zero-order chi connectivity index (χ0) is 10.7. The minimum absolute atomic E-state index is 0.245. The van der Waals surface area contributed by atoms with Crippen LogP contribution >= 0.6 is 0 Å². The topological polar surface area (TPSA) is 93.0 Å². The van der Waals surface area contributed by atoms with Crippen molar-refractivity contribution in [1.82, 2.24) is 5.32 Å². The van der Waals surface area contributed by atoms with Gasteiger partial charge in [0, 0.05) is 6.04 Å². The van der Waals surface area contributed by atoms with E-state index < -0.39 is 24.4 Å². The second-order valence-electron chi connectivity index (χ2n) is 3.82. The molecular formula is C9H19NO4. The Hall–Kier alpha value is -0.200. The third kappa shape index (κ3) is 2.24. The molecule has 1 saturated heterocycles. The van der Waals surface area contributed by atoms with E-state index in [4.69, 9.17) is 5.11 Å². The lowest BCUT2D eigenvalue weighted by Gasteiger charge is -2.41. The molecule has 0 saturated carbocycles. The molecule has 0 spiro atoms. The minimum atomic E-state index is -1.18. The Labute approximate surface area is 83.4 Å². The number of hydrogen-bond donors (Lipinski definition) is 5. The van der Waals surface area contributed by atoms with E-state index in [1.54, 1.807) is 0 Å². The molecule has 0 aromatic heterocycles. The van der Waals surface area contributed by atoms with E-state index in [-0.39, 0.29) is 12.6 Å². The summed E-state index contributed by atoms with van der Waals surface area (Å²) in [5, 5.41) is 40.4. The number of nitrogens with one attached hydrogen (secondary N) is 1. The van der Waals surface area contributed by atoms with Crippen molar-refractivity contribution in [2.45, 2.75) is 50.2 Å². The van der Waals surface area contributed by atoms with E-state index in [1.165, 1.54) is 0 Å². The van der Waals surface area contributed by atoms with Gasteiger partial charge in [-0.05, 0) is 6.42 Å². The van der Waals surface area contributed by atoms with Crippen LogP contribution in [0.2, 0.25) is 0 Å². The first-order chi connectivity index (χ1) is 6.61. The lowest BCUT2D eigenvalue weighted by atomic mass is 9.88. The maximum absolute atomic E-state index is 9.60. The van der Waals surface area contributed by atoms with Gasteiger partial charge in [0.1, 0.15) is 6.10 Å². The van der Waals surface area contributed by atoms with Gasteiger partial charge in [-0.15, -0.1) is 0 Å². The number of rotatable bonds is 3. The van der Waals surface area contributed by atoms with Crippen molar-refractivity contribution in [3.05, 3.63) is 0 Å². The molecule has 0 aliphatic carbocycles. The molecule has 14 heavy (non-hydrogen) atoms. The van der Waals surface area contributed by atoms with Gasteiger partial charge in [-0.3, -0.25) is 0 Å². The van der Waals surface area contributed by atoms with Crippen LogP contribution in [-0.2, 0) is 0 Å². The fraction of sp³-hybridized carbons (Fsp3) is 1.00. The highest BCUT2D eigenvalue weighted by molar-refractivity contribution is 4.97. The Balaban J connectivity index is 2.63. The van der Waals surface area contributed by atoms with Gasteiger partial charge in [0.25, 0.3) is 0 Å². The molecular weight excluding hydrogens is 186 g/mol. The monoisotopic (exact) mass is 205 g/mol. The maximum Gasteiger partial charge on any atom is 0.109 e. The summed E-state index contributed by atoms with van der Waals surface area (Å²) >= 11 is 0. The van der Waals surface area contributed by atoms with Crippen LogP contribution in [0.3, 0.4) is 0 Å². The minimum Gasteiger partial charge on any atom is -0.395 e. The van der Waals surface area contributed by atoms with Crippen LogP contribution < -0.4 is 5.32 Å². The van der Waals surface area contributed by atoms with Gasteiger partial charge in [-0.2, -0.15) is 0 Å². The van der Waals surface area contributed by atoms with Crippen LogP contribution in [0.5, 0.6) is 0 Å². The predicted octanol–water partition coefficient (Wildman–Crippen LogP) is -1.80. The Bertz CT molecular complexity index is 174. The zero-order valence-corrected chi connectivity index (χ0v) is 8.30. The summed E-state index contributed by atoms with van der Waals surface area (Å²) in [6.07, 6.45) is -1.67. The SMILES string of the molecule is CCCC1N[C@H](CO)[C@@H](O)[C@H](O)[C@H]1O. The lowest BCUT2D eigenvalue weighted by molar-refractivity contribution is -0.120. The van der Waals surface area contributed by atoms with Crippen molar-refractivity contribution >= 4 is 0 Å². The third-order valence-electron chi connectivity index (χ3n) is 2.75. The van der Waals surface area contributed by atoms with Gasteiger partial charge in [0.15, 0.2) is 0 Å². The second-order valence-corrected chi connectivity index (χ2v) is 3.82. The molecule has 1 unspecified atom stereocenters. The number of aliphatic hydroxyl groups excluding tert-OH is 4. The first-order valence-electron chi connectivity index (χ1n) is 5.03. The quantitative estimate of drug-likeness (QED) is 0.375. The Kier molecular flexibility index (Phi) is 4.28. The van der Waals surface area contributed by atoms with E-state index >= 15 is 0 Å². The van der Waals surface area contributed by atoms with Crippen LogP contribution in [0.1, 0.15) is 19.8 Å². The second kappa shape index (κ2) is 5.04. The van der Waals surface area contributed by atoms with E-state index in [0.717, 1.165) is 6.42 Å². The van der Waals surface area contributed by atoms with E-state index in [2.05, 4.69) is 5.32 Å². The van der Waals surface area contributed by atoms with E-state index in [9.17, 15) is 15.3 Å². The molecule has 0 aromatic rings. The van der Waals surface area contributed by atoms with Crippen molar-refractivity contribution in [2.24, 2.45) is 0 Å². The largest absolute Gasteiger partial charge is 0.395 e. The molecule has 0 aromatic carbocycles. The van der Waals surface area contributed by atoms with E-state index in [1.807, 2.05) is 6.92 Å². The molecule has 1 aliphatic rings. The number of piperidine rings is 1. The normalized spacial score (nSPS) is 43.9. The third-order valence-corrected chi connectivity index (χ3v) is 2.75. The maximum atomic E-state index is 9.60. The van der Waals surface area contributed by atoms with Crippen molar-refractivity contribution in [1.29, 1.82) is 0 Å². The molecule has 1 heterocycles. The van der Waals surface area contributed by atoms with E-state index in [0.29, 0.717) is 6.42 Å². The first kappa shape index (κ1) is 11.9. The summed E-state index contributed by atoms with van der Waals surface area (Å²) in [5.74, 6) is 0. The van der Waals surface area contributed by atoms with Gasteiger partial charge in [0.05, 0.1) is 24.9 Å².